The maximum absolute atomic E-state index is 13.4. The van der Waals surface area contributed by atoms with Crippen LogP contribution in [0, 0.1) is 5.92 Å². The van der Waals surface area contributed by atoms with E-state index in [1.165, 1.54) is 26.0 Å². The number of rotatable bonds is 7. The molecule has 6 nitrogen and oxygen atoms in total. The Hall–Kier alpha value is -1.60. The minimum atomic E-state index is -3.70. The number of benzene rings is 1. The molecule has 3 aliphatic rings. The zero-order valence-corrected chi connectivity index (χ0v) is 18.3. The molecule has 0 bridgehead atoms. The lowest BCUT2D eigenvalue weighted by atomic mass is 10.1. The van der Waals surface area contributed by atoms with Crippen LogP contribution in [0.1, 0.15) is 68.6 Å². The van der Waals surface area contributed by atoms with Crippen molar-refractivity contribution in [3.63, 3.8) is 0 Å². The van der Waals surface area contributed by atoms with E-state index in [9.17, 15) is 13.2 Å². The molecule has 1 unspecified atom stereocenters. The highest BCUT2D eigenvalue weighted by molar-refractivity contribution is 7.89. The summed E-state index contributed by atoms with van der Waals surface area (Å²) in [6.07, 6.45) is 8.27. The summed E-state index contributed by atoms with van der Waals surface area (Å²) in [5, 5.41) is 0. The molecular formula is C22H32N2O4S. The first-order chi connectivity index (χ1) is 13.9. The van der Waals surface area contributed by atoms with Gasteiger partial charge in [0.15, 0.2) is 0 Å². The Morgan fingerprint density at radius 2 is 1.76 bits per heavy atom. The second-order valence-electron chi connectivity index (χ2n) is 8.71. The summed E-state index contributed by atoms with van der Waals surface area (Å²) in [5.41, 5.74) is 0.443. The van der Waals surface area contributed by atoms with Crippen LogP contribution in [0.3, 0.4) is 0 Å². The minimum absolute atomic E-state index is 0.0538. The molecule has 3 fully saturated rings. The number of ether oxygens (including phenoxy) is 1. The van der Waals surface area contributed by atoms with E-state index >= 15 is 0 Å². The lowest BCUT2D eigenvalue weighted by Crippen LogP contribution is -2.41. The molecule has 0 aromatic heterocycles. The maximum Gasteiger partial charge on any atom is 0.254 e. The number of amides is 1. The summed E-state index contributed by atoms with van der Waals surface area (Å²) in [4.78, 5) is 15.5. The SMILES string of the molecule is COc1ccc(C(=O)N(C2CC2)C(C)C2CC2)cc1S(=O)(=O)N1CCCCCC1. The van der Waals surface area contributed by atoms with Crippen LogP contribution in [0.5, 0.6) is 5.75 Å². The van der Waals surface area contributed by atoms with Crippen LogP contribution in [-0.4, -0.2) is 55.8 Å². The van der Waals surface area contributed by atoms with Gasteiger partial charge in [-0.1, -0.05) is 12.8 Å². The van der Waals surface area contributed by atoms with Crippen molar-refractivity contribution in [1.29, 1.82) is 0 Å². The fourth-order valence-electron chi connectivity index (χ4n) is 4.42. The van der Waals surface area contributed by atoms with E-state index in [4.69, 9.17) is 4.74 Å². The van der Waals surface area contributed by atoms with Gasteiger partial charge in [0.1, 0.15) is 10.6 Å². The fraction of sp³-hybridized carbons (Fsp3) is 0.682. The molecule has 0 radical (unpaired) electrons. The van der Waals surface area contributed by atoms with Gasteiger partial charge in [0, 0.05) is 30.7 Å². The lowest BCUT2D eigenvalue weighted by Gasteiger charge is -2.30. The predicted molar refractivity (Wildman–Crippen MR) is 112 cm³/mol. The molecular weight excluding hydrogens is 388 g/mol. The van der Waals surface area contributed by atoms with E-state index in [1.54, 1.807) is 16.4 Å². The molecule has 1 aromatic carbocycles. The summed E-state index contributed by atoms with van der Waals surface area (Å²) in [5.74, 6) is 0.832. The third-order valence-electron chi connectivity index (χ3n) is 6.51. The topological polar surface area (TPSA) is 66.9 Å². The molecule has 1 aliphatic heterocycles. The normalized spacial score (nSPS) is 22.0. The monoisotopic (exact) mass is 420 g/mol. The van der Waals surface area contributed by atoms with Crippen LogP contribution >= 0.6 is 0 Å². The smallest absolute Gasteiger partial charge is 0.254 e. The molecule has 1 atom stereocenters. The Morgan fingerprint density at radius 1 is 1.10 bits per heavy atom. The van der Waals surface area contributed by atoms with Crippen molar-refractivity contribution in [1.82, 2.24) is 9.21 Å². The van der Waals surface area contributed by atoms with Crippen molar-refractivity contribution >= 4 is 15.9 Å². The zero-order valence-electron chi connectivity index (χ0n) is 17.5. The van der Waals surface area contributed by atoms with Gasteiger partial charge >= 0.3 is 0 Å². The first-order valence-electron chi connectivity index (χ1n) is 10.9. The molecule has 2 saturated carbocycles. The number of hydrogen-bond acceptors (Lipinski definition) is 4. The van der Waals surface area contributed by atoms with Crippen LogP contribution in [0.15, 0.2) is 23.1 Å². The maximum atomic E-state index is 13.4. The molecule has 7 heteroatoms. The molecule has 1 aromatic rings. The van der Waals surface area contributed by atoms with Crippen molar-refractivity contribution < 1.29 is 17.9 Å². The standard InChI is InChI=1S/C22H32N2O4S/c1-16(17-7-8-17)24(19-10-11-19)22(25)18-9-12-20(28-2)21(15-18)29(26,27)23-13-5-3-4-6-14-23/h9,12,15-17,19H,3-8,10-11,13-14H2,1-2H3. The Morgan fingerprint density at radius 3 is 2.31 bits per heavy atom. The molecule has 160 valence electrons. The van der Waals surface area contributed by atoms with Gasteiger partial charge in [-0.3, -0.25) is 4.79 Å². The van der Waals surface area contributed by atoms with Gasteiger partial charge in [-0.2, -0.15) is 4.31 Å². The number of nitrogens with zero attached hydrogens (tertiary/aromatic N) is 2. The largest absolute Gasteiger partial charge is 0.495 e. The van der Waals surface area contributed by atoms with Crippen molar-refractivity contribution in [3.05, 3.63) is 23.8 Å². The van der Waals surface area contributed by atoms with Crippen LogP contribution in [0.25, 0.3) is 0 Å². The first kappa shape index (κ1) is 20.7. The number of carbonyl (C=O) groups is 1. The quantitative estimate of drug-likeness (QED) is 0.675. The molecule has 1 heterocycles. The van der Waals surface area contributed by atoms with E-state index < -0.39 is 10.0 Å². The third kappa shape index (κ3) is 4.31. The summed E-state index contributed by atoms with van der Waals surface area (Å²) in [6.45, 7) is 3.18. The van der Waals surface area contributed by atoms with Crippen molar-refractivity contribution in [3.8, 4) is 5.75 Å². The average Bonchev–Trinajstić information content (AvgIpc) is 3.60. The summed E-state index contributed by atoms with van der Waals surface area (Å²) in [7, 11) is -2.22. The van der Waals surface area contributed by atoms with Gasteiger partial charge in [0.2, 0.25) is 10.0 Å². The van der Waals surface area contributed by atoms with Gasteiger partial charge in [-0.15, -0.1) is 0 Å². The lowest BCUT2D eigenvalue weighted by molar-refractivity contribution is 0.0654. The van der Waals surface area contributed by atoms with Crippen LogP contribution < -0.4 is 4.74 Å². The zero-order chi connectivity index (χ0) is 20.6. The summed E-state index contributed by atoms with van der Waals surface area (Å²) >= 11 is 0. The highest BCUT2D eigenvalue weighted by Gasteiger charge is 2.42. The van der Waals surface area contributed by atoms with E-state index in [-0.39, 0.29) is 16.8 Å². The second kappa shape index (κ2) is 8.26. The van der Waals surface area contributed by atoms with Gasteiger partial charge in [0.25, 0.3) is 5.91 Å². The van der Waals surface area contributed by atoms with Gasteiger partial charge in [-0.25, -0.2) is 8.42 Å². The Labute approximate surface area is 174 Å². The molecule has 4 rings (SSSR count). The van der Waals surface area contributed by atoms with E-state index in [0.717, 1.165) is 38.5 Å². The Bertz CT molecular complexity index is 854. The van der Waals surface area contributed by atoms with E-state index in [1.807, 2.05) is 4.90 Å². The van der Waals surface area contributed by atoms with Crippen LogP contribution in [0.4, 0.5) is 0 Å². The van der Waals surface area contributed by atoms with Crippen molar-refractivity contribution in [2.75, 3.05) is 20.2 Å². The van der Waals surface area contributed by atoms with E-state index in [2.05, 4.69) is 6.92 Å². The minimum Gasteiger partial charge on any atom is -0.495 e. The molecule has 0 N–H and O–H groups in total. The summed E-state index contributed by atoms with van der Waals surface area (Å²) in [6, 6.07) is 5.38. The van der Waals surface area contributed by atoms with Crippen molar-refractivity contribution in [2.45, 2.75) is 75.3 Å². The highest BCUT2D eigenvalue weighted by Crippen LogP contribution is 2.41. The predicted octanol–water partition coefficient (Wildman–Crippen LogP) is 3.66. The molecule has 2 aliphatic carbocycles. The second-order valence-corrected chi connectivity index (χ2v) is 10.6. The van der Waals surface area contributed by atoms with Crippen molar-refractivity contribution in [2.24, 2.45) is 5.92 Å². The number of hydrogen-bond donors (Lipinski definition) is 0. The number of methoxy groups -OCH3 is 1. The number of sulfonamides is 1. The Balaban J connectivity index is 1.66. The third-order valence-corrected chi connectivity index (χ3v) is 8.43. The van der Waals surface area contributed by atoms with Gasteiger partial charge in [0.05, 0.1) is 7.11 Å². The number of carbonyl (C=O) groups excluding carboxylic acids is 1. The van der Waals surface area contributed by atoms with Crippen LogP contribution in [-0.2, 0) is 10.0 Å². The summed E-state index contributed by atoms with van der Waals surface area (Å²) < 4.78 is 33.7. The Kier molecular flexibility index (Phi) is 5.89. The molecule has 1 amide bonds. The first-order valence-corrected chi connectivity index (χ1v) is 12.4. The molecule has 0 spiro atoms. The molecule has 29 heavy (non-hydrogen) atoms. The van der Waals surface area contributed by atoms with E-state index in [0.29, 0.717) is 36.4 Å². The molecule has 1 saturated heterocycles. The fourth-order valence-corrected chi connectivity index (χ4v) is 6.12. The van der Waals surface area contributed by atoms with Gasteiger partial charge in [-0.05, 0) is 69.6 Å². The average molecular weight is 421 g/mol. The highest BCUT2D eigenvalue weighted by atomic mass is 32.2. The van der Waals surface area contributed by atoms with Gasteiger partial charge < -0.3 is 9.64 Å². The van der Waals surface area contributed by atoms with Crippen LogP contribution in [0.2, 0.25) is 0 Å².